The molecule has 2 aromatic heterocycles. The van der Waals surface area contributed by atoms with Gasteiger partial charge in [0.2, 0.25) is 0 Å². The summed E-state index contributed by atoms with van der Waals surface area (Å²) in [6, 6.07) is 38.5. The summed E-state index contributed by atoms with van der Waals surface area (Å²) in [5.74, 6) is 0.649. The van der Waals surface area contributed by atoms with Crippen molar-refractivity contribution in [2.45, 2.75) is 40.0 Å². The summed E-state index contributed by atoms with van der Waals surface area (Å²) >= 11 is 1.60. The van der Waals surface area contributed by atoms with Gasteiger partial charge >= 0.3 is 0 Å². The van der Waals surface area contributed by atoms with Gasteiger partial charge in [-0.05, 0) is 54.5 Å². The fourth-order valence-electron chi connectivity index (χ4n) is 5.57. The molecule has 4 nitrogen and oxygen atoms in total. The number of pyridine rings is 1. The molecular weight excluding hydrogens is 742 g/mol. The van der Waals surface area contributed by atoms with E-state index in [0.29, 0.717) is 10.8 Å². The monoisotopic (exact) mass is 773 g/mol. The van der Waals surface area contributed by atoms with Crippen molar-refractivity contribution < 1.29 is 25.8 Å². The van der Waals surface area contributed by atoms with Gasteiger partial charge in [-0.1, -0.05) is 85.0 Å². The first kappa shape index (κ1) is 30.1. The Morgan fingerprint density at radius 1 is 0.818 bits per heavy atom. The minimum Gasteiger partial charge on any atom is -0.497 e. The SMILES string of the molecule is CC1=C(C)N(c2ccccc2)[CH-]N1c1[c-]c(Oc2[c-]c3c(-c4cc(C(C)(C)C)ccn4)c4ccccc4cc3s2)ccc1.[Pt]. The van der Waals surface area contributed by atoms with Crippen LogP contribution in [0.15, 0.2) is 109 Å². The van der Waals surface area contributed by atoms with Crippen LogP contribution in [-0.2, 0) is 26.5 Å². The fourth-order valence-corrected chi connectivity index (χ4v) is 6.49. The van der Waals surface area contributed by atoms with Crippen LogP contribution in [0.4, 0.5) is 11.4 Å². The molecule has 44 heavy (non-hydrogen) atoms. The second-order valence-electron chi connectivity index (χ2n) is 11.9. The molecule has 7 rings (SSSR count). The summed E-state index contributed by atoms with van der Waals surface area (Å²) in [5, 5.41) is 4.06. The normalized spacial score (nSPS) is 13.6. The summed E-state index contributed by atoms with van der Waals surface area (Å²) in [7, 11) is 0. The van der Waals surface area contributed by atoms with Gasteiger partial charge in [0, 0.05) is 55.8 Å². The molecule has 0 atom stereocenters. The van der Waals surface area contributed by atoms with Crippen molar-refractivity contribution in [3.05, 3.63) is 133 Å². The van der Waals surface area contributed by atoms with Crippen LogP contribution in [0.1, 0.15) is 40.2 Å². The van der Waals surface area contributed by atoms with Crippen molar-refractivity contribution in [2.24, 2.45) is 0 Å². The molecule has 0 spiro atoms. The van der Waals surface area contributed by atoms with Gasteiger partial charge in [-0.3, -0.25) is 4.98 Å². The predicted octanol–water partition coefficient (Wildman–Crippen LogP) is 10.5. The molecule has 6 heteroatoms. The zero-order valence-electron chi connectivity index (χ0n) is 25.3. The third-order valence-corrected chi connectivity index (χ3v) is 8.96. The number of ether oxygens (including phenoxy) is 1. The predicted molar refractivity (Wildman–Crippen MR) is 180 cm³/mol. The van der Waals surface area contributed by atoms with Crippen LogP contribution in [0.25, 0.3) is 32.1 Å². The summed E-state index contributed by atoms with van der Waals surface area (Å²) in [4.78, 5) is 9.19. The molecule has 0 aliphatic carbocycles. The molecule has 0 radical (unpaired) electrons. The molecule has 0 unspecified atom stereocenters. The maximum atomic E-state index is 6.45. The number of allylic oxidation sites excluding steroid dienone is 2. The molecule has 0 saturated carbocycles. The molecule has 0 N–H and O–H groups in total. The summed E-state index contributed by atoms with van der Waals surface area (Å²) < 4.78 is 7.56. The average Bonchev–Trinajstić information content (AvgIpc) is 3.55. The Balaban J connectivity index is 0.00000343. The molecule has 3 heterocycles. The van der Waals surface area contributed by atoms with E-state index in [1.165, 1.54) is 16.6 Å². The zero-order valence-corrected chi connectivity index (χ0v) is 28.4. The van der Waals surface area contributed by atoms with Crippen LogP contribution in [0.5, 0.6) is 10.8 Å². The average molecular weight is 774 g/mol. The van der Waals surface area contributed by atoms with E-state index in [4.69, 9.17) is 9.72 Å². The van der Waals surface area contributed by atoms with Crippen LogP contribution >= 0.6 is 11.3 Å². The Hall–Kier alpha value is -3.92. The molecule has 0 amide bonds. The van der Waals surface area contributed by atoms with Crippen molar-refractivity contribution in [3.8, 4) is 22.1 Å². The first-order valence-corrected chi connectivity index (χ1v) is 15.3. The Kier molecular flexibility index (Phi) is 8.13. The van der Waals surface area contributed by atoms with Gasteiger partial charge in [0.25, 0.3) is 0 Å². The second-order valence-corrected chi connectivity index (χ2v) is 12.9. The van der Waals surface area contributed by atoms with Crippen molar-refractivity contribution in [1.82, 2.24) is 4.98 Å². The van der Waals surface area contributed by atoms with E-state index in [2.05, 4.69) is 136 Å². The van der Waals surface area contributed by atoms with Crippen LogP contribution in [-0.4, -0.2) is 4.98 Å². The second kappa shape index (κ2) is 11.9. The minimum atomic E-state index is 0. The largest absolute Gasteiger partial charge is 0.497 e. The number of hydrogen-bond acceptors (Lipinski definition) is 5. The number of benzene rings is 4. The Labute approximate surface area is 277 Å². The van der Waals surface area contributed by atoms with Gasteiger partial charge < -0.3 is 14.5 Å². The van der Waals surface area contributed by atoms with Gasteiger partial charge in [-0.25, -0.2) is 0 Å². The van der Waals surface area contributed by atoms with Crippen molar-refractivity contribution in [2.75, 3.05) is 9.80 Å². The third kappa shape index (κ3) is 5.55. The first-order chi connectivity index (χ1) is 20.8. The van der Waals surface area contributed by atoms with E-state index < -0.39 is 0 Å². The standard InChI is InChI=1S/C38H32N3OS.Pt/c1-25-26(2)41(24-40(25)29-13-7-6-8-14-29)30-15-11-16-31(22-30)42-36-23-33-35(43-36)20-27-12-9-10-17-32(27)37(33)34-21-28(18-19-39-34)38(3,4)5;/h6-21,24H,1-5H3;/q-3;. The zero-order chi connectivity index (χ0) is 29.7. The number of thiophene rings is 1. The number of rotatable bonds is 5. The molecule has 0 fully saturated rings. The fraction of sp³-hybridized carbons (Fsp3) is 0.158. The van der Waals surface area contributed by atoms with Crippen molar-refractivity contribution in [1.29, 1.82) is 0 Å². The molecule has 6 aromatic rings. The van der Waals surface area contributed by atoms with E-state index in [1.807, 2.05) is 24.4 Å². The quantitative estimate of drug-likeness (QED) is 0.163. The molecule has 224 valence electrons. The third-order valence-electron chi connectivity index (χ3n) is 8.05. The van der Waals surface area contributed by atoms with Crippen molar-refractivity contribution >= 4 is 43.6 Å². The van der Waals surface area contributed by atoms with E-state index >= 15 is 0 Å². The maximum Gasteiger partial charge on any atom is 0.107 e. The molecular formula is C38H32N3OPtS-3. The first-order valence-electron chi connectivity index (χ1n) is 14.5. The number of fused-ring (bicyclic) bond motifs is 2. The molecule has 4 aromatic carbocycles. The summed E-state index contributed by atoms with van der Waals surface area (Å²) in [6.45, 7) is 13.1. The molecule has 0 saturated heterocycles. The topological polar surface area (TPSA) is 28.6 Å². The Morgan fingerprint density at radius 2 is 1.57 bits per heavy atom. The number of nitrogens with zero attached hydrogens (tertiary/aromatic N) is 3. The summed E-state index contributed by atoms with van der Waals surface area (Å²) in [6.07, 6.45) is 1.92. The van der Waals surface area contributed by atoms with Gasteiger partial charge in [-0.15, -0.1) is 36.6 Å². The van der Waals surface area contributed by atoms with E-state index in [9.17, 15) is 0 Å². The molecule has 1 aliphatic rings. The minimum absolute atomic E-state index is 0. The molecule has 1 aliphatic heterocycles. The number of hydrogen-bond donors (Lipinski definition) is 0. The number of anilines is 2. The Bertz CT molecular complexity index is 2010. The number of para-hydroxylation sites is 1. The van der Waals surface area contributed by atoms with E-state index in [0.717, 1.165) is 43.8 Å². The smallest absolute Gasteiger partial charge is 0.107 e. The van der Waals surface area contributed by atoms with Crippen LogP contribution in [0.2, 0.25) is 0 Å². The number of aromatic nitrogens is 1. The van der Waals surface area contributed by atoms with Crippen LogP contribution in [0, 0.1) is 18.8 Å². The molecule has 0 bridgehead atoms. The van der Waals surface area contributed by atoms with Crippen LogP contribution in [0.3, 0.4) is 0 Å². The Morgan fingerprint density at radius 3 is 2.36 bits per heavy atom. The van der Waals surface area contributed by atoms with Gasteiger partial charge in [0.05, 0.1) is 0 Å². The van der Waals surface area contributed by atoms with E-state index in [1.54, 1.807) is 11.3 Å². The van der Waals surface area contributed by atoms with Crippen LogP contribution < -0.4 is 14.5 Å². The van der Waals surface area contributed by atoms with E-state index in [-0.39, 0.29) is 26.5 Å². The van der Waals surface area contributed by atoms with Gasteiger partial charge in [-0.2, -0.15) is 22.8 Å². The van der Waals surface area contributed by atoms with Crippen molar-refractivity contribution in [3.63, 3.8) is 0 Å². The maximum absolute atomic E-state index is 6.45. The van der Waals surface area contributed by atoms with Gasteiger partial charge in [0.1, 0.15) is 5.06 Å². The van der Waals surface area contributed by atoms with Gasteiger partial charge in [0.15, 0.2) is 0 Å². The summed E-state index contributed by atoms with van der Waals surface area (Å²) in [5.41, 5.74) is 7.68.